The lowest BCUT2D eigenvalue weighted by Crippen LogP contribution is -2.34. The SMILES string of the molecule is COc1cc2c(Oc3ccc(NS(=O)(=O)c4ccccc4C#N)cc3F)ccnc2cc1OCCCN1CCC(C)CC1. The summed E-state index contributed by atoms with van der Waals surface area (Å²) in [5.41, 5.74) is 0.547. The molecule has 1 fully saturated rings. The number of sulfonamides is 1. The minimum Gasteiger partial charge on any atom is -0.493 e. The van der Waals surface area contributed by atoms with Crippen LogP contribution in [0.15, 0.2) is 71.8 Å². The molecule has 1 saturated heterocycles. The molecular formula is C32H33FN4O5S. The van der Waals surface area contributed by atoms with Gasteiger partial charge in [0.25, 0.3) is 10.0 Å². The first kappa shape index (κ1) is 30.1. The summed E-state index contributed by atoms with van der Waals surface area (Å²) in [4.78, 5) is 6.71. The van der Waals surface area contributed by atoms with Crippen LogP contribution in [0.1, 0.15) is 31.7 Å². The molecule has 9 nitrogen and oxygen atoms in total. The quantitative estimate of drug-likeness (QED) is 0.197. The first-order valence-electron chi connectivity index (χ1n) is 14.1. The molecule has 0 aliphatic carbocycles. The molecule has 1 N–H and O–H groups in total. The van der Waals surface area contributed by atoms with E-state index in [2.05, 4.69) is 21.5 Å². The molecule has 0 bridgehead atoms. The number of halogens is 1. The summed E-state index contributed by atoms with van der Waals surface area (Å²) in [5.74, 6) is 1.30. The van der Waals surface area contributed by atoms with E-state index < -0.39 is 15.8 Å². The van der Waals surface area contributed by atoms with Crippen LogP contribution in [0, 0.1) is 23.1 Å². The van der Waals surface area contributed by atoms with Crippen LogP contribution in [0.2, 0.25) is 0 Å². The zero-order valence-electron chi connectivity index (χ0n) is 24.0. The molecule has 0 amide bonds. The largest absolute Gasteiger partial charge is 0.493 e. The number of benzene rings is 3. The molecule has 1 aliphatic rings. The van der Waals surface area contributed by atoms with Crippen molar-refractivity contribution in [3.8, 4) is 29.1 Å². The van der Waals surface area contributed by atoms with Gasteiger partial charge in [-0.15, -0.1) is 0 Å². The van der Waals surface area contributed by atoms with Crippen LogP contribution >= 0.6 is 0 Å². The fourth-order valence-electron chi connectivity index (χ4n) is 5.01. The van der Waals surface area contributed by atoms with Gasteiger partial charge < -0.3 is 19.1 Å². The van der Waals surface area contributed by atoms with E-state index >= 15 is 4.39 Å². The Morgan fingerprint density at radius 3 is 2.58 bits per heavy atom. The Kier molecular flexibility index (Phi) is 9.28. The van der Waals surface area contributed by atoms with Gasteiger partial charge in [-0.1, -0.05) is 19.1 Å². The number of nitriles is 1. The molecule has 2 heterocycles. The van der Waals surface area contributed by atoms with Crippen molar-refractivity contribution >= 4 is 26.6 Å². The van der Waals surface area contributed by atoms with Crippen LogP contribution < -0.4 is 18.9 Å². The van der Waals surface area contributed by atoms with Gasteiger partial charge in [-0.05, 0) is 74.7 Å². The summed E-state index contributed by atoms with van der Waals surface area (Å²) in [7, 11) is -2.57. The van der Waals surface area contributed by atoms with E-state index in [1.54, 1.807) is 37.6 Å². The molecule has 1 aliphatic heterocycles. The van der Waals surface area contributed by atoms with Gasteiger partial charge in [0.15, 0.2) is 23.1 Å². The first-order chi connectivity index (χ1) is 20.8. The number of hydrogen-bond donors (Lipinski definition) is 1. The second kappa shape index (κ2) is 13.3. The third-order valence-electron chi connectivity index (χ3n) is 7.44. The third-order valence-corrected chi connectivity index (χ3v) is 8.88. The van der Waals surface area contributed by atoms with E-state index in [9.17, 15) is 13.7 Å². The lowest BCUT2D eigenvalue weighted by Gasteiger charge is -2.30. The van der Waals surface area contributed by atoms with Crippen molar-refractivity contribution in [1.82, 2.24) is 9.88 Å². The second-order valence-corrected chi connectivity index (χ2v) is 12.2. The second-order valence-electron chi connectivity index (χ2n) is 10.5. The zero-order valence-corrected chi connectivity index (χ0v) is 24.9. The van der Waals surface area contributed by atoms with E-state index in [0.29, 0.717) is 34.8 Å². The van der Waals surface area contributed by atoms with E-state index in [0.717, 1.165) is 38.0 Å². The maximum absolute atomic E-state index is 15.1. The maximum Gasteiger partial charge on any atom is 0.263 e. The summed E-state index contributed by atoms with van der Waals surface area (Å²) >= 11 is 0. The van der Waals surface area contributed by atoms with Crippen molar-refractivity contribution in [2.45, 2.75) is 31.1 Å². The van der Waals surface area contributed by atoms with Gasteiger partial charge in [-0.2, -0.15) is 5.26 Å². The number of pyridine rings is 1. The summed E-state index contributed by atoms with van der Waals surface area (Å²) in [6.45, 7) is 6.08. The van der Waals surface area contributed by atoms with Gasteiger partial charge in [-0.3, -0.25) is 9.71 Å². The number of fused-ring (bicyclic) bond motifs is 1. The van der Waals surface area contributed by atoms with E-state index in [1.807, 2.05) is 6.07 Å². The molecule has 224 valence electrons. The number of methoxy groups -OCH3 is 1. The summed E-state index contributed by atoms with van der Waals surface area (Å²) in [6, 6.07) is 16.5. The van der Waals surface area contributed by atoms with Crippen molar-refractivity contribution in [2.75, 3.05) is 38.1 Å². The van der Waals surface area contributed by atoms with Crippen LogP contribution in [0.4, 0.5) is 10.1 Å². The smallest absolute Gasteiger partial charge is 0.263 e. The van der Waals surface area contributed by atoms with Gasteiger partial charge in [0.05, 0.1) is 30.5 Å². The highest BCUT2D eigenvalue weighted by atomic mass is 32.2. The zero-order chi connectivity index (χ0) is 30.4. The molecular weight excluding hydrogens is 571 g/mol. The summed E-state index contributed by atoms with van der Waals surface area (Å²) in [5, 5.41) is 9.84. The van der Waals surface area contributed by atoms with Crippen molar-refractivity contribution in [3.63, 3.8) is 0 Å². The van der Waals surface area contributed by atoms with Crippen LogP contribution in [0.3, 0.4) is 0 Å². The van der Waals surface area contributed by atoms with Crippen LogP contribution in [0.25, 0.3) is 10.9 Å². The number of nitrogens with one attached hydrogen (secondary N) is 1. The van der Waals surface area contributed by atoms with Crippen molar-refractivity contribution in [1.29, 1.82) is 5.26 Å². The maximum atomic E-state index is 15.1. The molecule has 0 saturated carbocycles. The Hall–Kier alpha value is -4.40. The monoisotopic (exact) mass is 604 g/mol. The Labute approximate surface area is 250 Å². The van der Waals surface area contributed by atoms with Gasteiger partial charge in [-0.25, -0.2) is 12.8 Å². The average molecular weight is 605 g/mol. The number of piperidine rings is 1. The predicted molar refractivity (Wildman–Crippen MR) is 162 cm³/mol. The van der Waals surface area contributed by atoms with Crippen molar-refractivity contribution < 1.29 is 27.0 Å². The van der Waals surface area contributed by atoms with E-state index in [-0.39, 0.29) is 21.9 Å². The Bertz CT molecular complexity index is 1750. The minimum absolute atomic E-state index is 0.0175. The van der Waals surface area contributed by atoms with Crippen molar-refractivity contribution in [3.05, 3.63) is 78.2 Å². The molecule has 43 heavy (non-hydrogen) atoms. The molecule has 1 aromatic heterocycles. The topological polar surface area (TPSA) is 114 Å². The standard InChI is InChI=1S/C32H33FN4O5S/c1-22-11-15-37(16-12-22)14-5-17-41-31-20-27-25(19-30(31)40-2)28(10-13-35-27)42-29-9-8-24(18-26(29)33)36-43(38,39)32-7-4-3-6-23(32)21-34/h3-4,6-10,13,18-20,22,36H,5,11-12,14-17H2,1-2H3. The molecule has 5 rings (SSSR count). The number of rotatable bonds is 11. The van der Waals surface area contributed by atoms with Crippen LogP contribution in [0.5, 0.6) is 23.0 Å². The molecule has 11 heteroatoms. The third kappa shape index (κ3) is 7.16. The summed E-state index contributed by atoms with van der Waals surface area (Å²) < 4.78 is 60.6. The highest BCUT2D eigenvalue weighted by Crippen LogP contribution is 2.38. The number of anilines is 1. The van der Waals surface area contributed by atoms with E-state index in [4.69, 9.17) is 14.2 Å². The Morgan fingerprint density at radius 2 is 1.84 bits per heavy atom. The number of likely N-dealkylation sites (tertiary alicyclic amines) is 1. The summed E-state index contributed by atoms with van der Waals surface area (Å²) in [6.07, 6.45) is 4.92. The molecule has 3 aromatic carbocycles. The number of ether oxygens (including phenoxy) is 3. The van der Waals surface area contributed by atoms with E-state index in [1.165, 1.54) is 43.2 Å². The average Bonchev–Trinajstić information content (AvgIpc) is 3.01. The fourth-order valence-corrected chi connectivity index (χ4v) is 6.22. The van der Waals surface area contributed by atoms with Crippen molar-refractivity contribution in [2.24, 2.45) is 5.92 Å². The molecule has 4 aromatic rings. The normalized spacial score (nSPS) is 14.3. The first-order valence-corrected chi connectivity index (χ1v) is 15.6. The molecule has 0 radical (unpaired) electrons. The minimum atomic E-state index is -4.12. The van der Waals surface area contributed by atoms with Gasteiger partial charge in [0, 0.05) is 30.3 Å². The van der Waals surface area contributed by atoms with Gasteiger partial charge in [0.1, 0.15) is 16.7 Å². The molecule has 0 spiro atoms. The Balaban J connectivity index is 1.29. The van der Waals surface area contributed by atoms with Gasteiger partial charge in [0.2, 0.25) is 0 Å². The number of hydrogen-bond acceptors (Lipinski definition) is 8. The van der Waals surface area contributed by atoms with Gasteiger partial charge >= 0.3 is 0 Å². The number of aromatic nitrogens is 1. The van der Waals surface area contributed by atoms with Crippen LogP contribution in [-0.2, 0) is 10.0 Å². The lowest BCUT2D eigenvalue weighted by atomic mass is 9.99. The molecule has 0 unspecified atom stereocenters. The Morgan fingerprint density at radius 1 is 1.05 bits per heavy atom. The molecule has 0 atom stereocenters. The van der Waals surface area contributed by atoms with Crippen LogP contribution in [-0.4, -0.2) is 51.7 Å². The highest BCUT2D eigenvalue weighted by molar-refractivity contribution is 7.92. The predicted octanol–water partition coefficient (Wildman–Crippen LogP) is 6.35. The lowest BCUT2D eigenvalue weighted by molar-refractivity contribution is 0.176. The highest BCUT2D eigenvalue weighted by Gasteiger charge is 2.20. The fraction of sp³-hybridized carbons (Fsp3) is 0.312. The number of nitrogens with zero attached hydrogens (tertiary/aromatic N) is 3.